The van der Waals surface area contributed by atoms with Crippen LogP contribution in [0.25, 0.3) is 0 Å². The lowest BCUT2D eigenvalue weighted by atomic mass is 10.2. The number of carbonyl (C=O) groups excluding carboxylic acids is 1. The van der Waals surface area contributed by atoms with Crippen molar-refractivity contribution >= 4 is 34.8 Å². The van der Waals surface area contributed by atoms with Crippen molar-refractivity contribution in [3.63, 3.8) is 0 Å². The first-order valence-corrected chi connectivity index (χ1v) is 6.14. The van der Waals surface area contributed by atoms with E-state index in [1.165, 1.54) is 0 Å². The summed E-state index contributed by atoms with van der Waals surface area (Å²) in [6.07, 6.45) is 0.785. The van der Waals surface area contributed by atoms with Crippen molar-refractivity contribution in [2.75, 3.05) is 0 Å². The number of halogens is 1. The van der Waals surface area contributed by atoms with E-state index in [2.05, 4.69) is 28.6 Å². The summed E-state index contributed by atoms with van der Waals surface area (Å²) in [6.45, 7) is 0. The Kier molecular flexibility index (Phi) is 3.86. The second-order valence-corrected chi connectivity index (χ2v) is 4.77. The fourth-order valence-corrected chi connectivity index (χ4v) is 1.82. The van der Waals surface area contributed by atoms with Crippen LogP contribution >= 0.6 is 28.6 Å². The quantitative estimate of drug-likeness (QED) is 0.674. The van der Waals surface area contributed by atoms with Crippen molar-refractivity contribution in [2.24, 2.45) is 0 Å². The molecule has 0 amide bonds. The fourth-order valence-electron chi connectivity index (χ4n) is 1.33. The summed E-state index contributed by atoms with van der Waals surface area (Å²) in [5.41, 5.74) is 0.563. The predicted molar refractivity (Wildman–Crippen MR) is 73.3 cm³/mol. The molecule has 0 heterocycles. The number of benzene rings is 2. The van der Waals surface area contributed by atoms with Crippen molar-refractivity contribution in [1.29, 1.82) is 0 Å². The topological polar surface area (TPSA) is 26.3 Å². The number of hydrogen-bond acceptors (Lipinski definition) is 3. The van der Waals surface area contributed by atoms with Crippen molar-refractivity contribution in [3.8, 4) is 11.5 Å². The van der Waals surface area contributed by atoms with Gasteiger partial charge in [-0.25, -0.2) is 0 Å². The molecule has 0 aromatic heterocycles. The highest BCUT2D eigenvalue weighted by molar-refractivity contribution is 9.10. The molecule has 0 aliphatic heterocycles. The Balaban J connectivity index is 2.24. The van der Waals surface area contributed by atoms with Crippen LogP contribution in [-0.4, -0.2) is 6.29 Å². The number of aldehydes is 1. The summed E-state index contributed by atoms with van der Waals surface area (Å²) in [6, 6.07) is 12.6. The summed E-state index contributed by atoms with van der Waals surface area (Å²) >= 11 is 7.48. The summed E-state index contributed by atoms with van der Waals surface area (Å²) in [4.78, 5) is 11.7. The third kappa shape index (κ3) is 3.11. The molecule has 2 rings (SSSR count). The molecule has 0 aliphatic carbocycles. The Morgan fingerprint density at radius 2 is 1.71 bits per heavy atom. The Labute approximate surface area is 113 Å². The van der Waals surface area contributed by atoms with Gasteiger partial charge < -0.3 is 4.74 Å². The van der Waals surface area contributed by atoms with Gasteiger partial charge in [-0.2, -0.15) is 0 Å². The highest BCUT2D eigenvalue weighted by Crippen LogP contribution is 2.26. The van der Waals surface area contributed by atoms with Crippen LogP contribution < -0.4 is 4.74 Å². The van der Waals surface area contributed by atoms with Crippen LogP contribution in [0.5, 0.6) is 11.5 Å². The van der Waals surface area contributed by atoms with Gasteiger partial charge in [0.1, 0.15) is 11.5 Å². The van der Waals surface area contributed by atoms with E-state index < -0.39 is 0 Å². The van der Waals surface area contributed by atoms with Gasteiger partial charge in [0.15, 0.2) is 6.29 Å². The molecule has 0 radical (unpaired) electrons. The molecule has 2 aromatic carbocycles. The van der Waals surface area contributed by atoms with Gasteiger partial charge in [-0.05, 0) is 42.5 Å². The molecule has 4 heteroatoms. The second kappa shape index (κ2) is 5.38. The summed E-state index contributed by atoms with van der Waals surface area (Å²) in [5, 5.41) is 0. The molecule has 0 saturated heterocycles. The van der Waals surface area contributed by atoms with Crippen molar-refractivity contribution in [3.05, 3.63) is 52.5 Å². The third-order valence-electron chi connectivity index (χ3n) is 2.17. The minimum Gasteiger partial charge on any atom is -0.457 e. The molecule has 17 heavy (non-hydrogen) atoms. The van der Waals surface area contributed by atoms with Gasteiger partial charge in [-0.3, -0.25) is 4.79 Å². The van der Waals surface area contributed by atoms with Crippen LogP contribution in [0.15, 0.2) is 51.8 Å². The maximum absolute atomic E-state index is 10.8. The van der Waals surface area contributed by atoms with Crippen molar-refractivity contribution in [2.45, 2.75) is 4.90 Å². The molecular formula is C13H9BrO2S. The molecule has 0 aliphatic rings. The Hall–Kier alpha value is -1.26. The first kappa shape index (κ1) is 12.2. The zero-order chi connectivity index (χ0) is 12.3. The second-order valence-electron chi connectivity index (χ2n) is 3.40. The van der Waals surface area contributed by atoms with Crippen LogP contribution in [0.4, 0.5) is 0 Å². The van der Waals surface area contributed by atoms with Gasteiger partial charge in [-0.1, -0.05) is 15.9 Å². The molecule has 86 valence electrons. The molecule has 2 nitrogen and oxygen atoms in total. The average Bonchev–Trinajstić information content (AvgIpc) is 2.34. The number of thiol groups is 1. The summed E-state index contributed by atoms with van der Waals surface area (Å²) in [7, 11) is 0. The molecule has 2 aromatic rings. The lowest BCUT2D eigenvalue weighted by Crippen LogP contribution is -1.87. The van der Waals surface area contributed by atoms with Crippen LogP contribution in [0.3, 0.4) is 0 Å². The van der Waals surface area contributed by atoms with E-state index in [1.54, 1.807) is 18.2 Å². The SMILES string of the molecule is O=Cc1cc(Oc2ccc(S)cc2)ccc1Br. The maximum atomic E-state index is 10.8. The Bertz CT molecular complexity index is 538. The van der Waals surface area contributed by atoms with Gasteiger partial charge >= 0.3 is 0 Å². The van der Waals surface area contributed by atoms with Gasteiger partial charge in [0, 0.05) is 14.9 Å². The van der Waals surface area contributed by atoms with E-state index in [1.807, 2.05) is 24.3 Å². The first-order valence-electron chi connectivity index (χ1n) is 4.90. The van der Waals surface area contributed by atoms with Crippen molar-refractivity contribution < 1.29 is 9.53 Å². The number of hydrogen-bond donors (Lipinski definition) is 1. The Morgan fingerprint density at radius 1 is 1.06 bits per heavy atom. The molecular weight excluding hydrogens is 300 g/mol. The van der Waals surface area contributed by atoms with Gasteiger partial charge in [0.05, 0.1) is 0 Å². The first-order chi connectivity index (χ1) is 8.19. The number of ether oxygens (including phenoxy) is 1. The van der Waals surface area contributed by atoms with Crippen LogP contribution in [0.1, 0.15) is 10.4 Å². The minimum atomic E-state index is 0.563. The highest BCUT2D eigenvalue weighted by Gasteiger charge is 2.02. The number of rotatable bonds is 3. The van der Waals surface area contributed by atoms with Gasteiger partial charge in [0.2, 0.25) is 0 Å². The maximum Gasteiger partial charge on any atom is 0.151 e. The zero-order valence-corrected chi connectivity index (χ0v) is 11.2. The molecule has 0 N–H and O–H groups in total. The highest BCUT2D eigenvalue weighted by atomic mass is 79.9. The van der Waals surface area contributed by atoms with E-state index in [4.69, 9.17) is 4.74 Å². The monoisotopic (exact) mass is 308 g/mol. The van der Waals surface area contributed by atoms with Crippen molar-refractivity contribution in [1.82, 2.24) is 0 Å². The fraction of sp³-hybridized carbons (Fsp3) is 0. The largest absolute Gasteiger partial charge is 0.457 e. The standard InChI is InChI=1S/C13H9BrO2S/c14-13-6-3-11(7-9(13)8-15)16-10-1-4-12(17)5-2-10/h1-8,17H. The summed E-state index contributed by atoms with van der Waals surface area (Å²) < 4.78 is 6.37. The van der Waals surface area contributed by atoms with E-state index in [9.17, 15) is 4.79 Å². The average molecular weight is 309 g/mol. The molecule has 0 atom stereocenters. The van der Waals surface area contributed by atoms with E-state index in [0.29, 0.717) is 17.1 Å². The van der Waals surface area contributed by atoms with Crippen LogP contribution in [0.2, 0.25) is 0 Å². The number of carbonyl (C=O) groups is 1. The molecule has 0 bridgehead atoms. The normalized spacial score (nSPS) is 10.0. The van der Waals surface area contributed by atoms with Crippen LogP contribution in [-0.2, 0) is 0 Å². The smallest absolute Gasteiger partial charge is 0.151 e. The molecule has 0 unspecified atom stereocenters. The van der Waals surface area contributed by atoms with E-state index >= 15 is 0 Å². The molecule has 0 saturated carbocycles. The lowest BCUT2D eigenvalue weighted by Gasteiger charge is -2.07. The van der Waals surface area contributed by atoms with E-state index in [0.717, 1.165) is 15.7 Å². The zero-order valence-electron chi connectivity index (χ0n) is 8.76. The molecule has 0 fully saturated rings. The third-order valence-corrected chi connectivity index (χ3v) is 3.19. The molecule has 0 spiro atoms. The summed E-state index contributed by atoms with van der Waals surface area (Å²) in [5.74, 6) is 1.34. The van der Waals surface area contributed by atoms with Gasteiger partial charge in [-0.15, -0.1) is 12.6 Å². The lowest BCUT2D eigenvalue weighted by molar-refractivity contribution is 0.112. The van der Waals surface area contributed by atoms with Crippen LogP contribution in [0, 0.1) is 0 Å². The van der Waals surface area contributed by atoms with E-state index in [-0.39, 0.29) is 0 Å². The minimum absolute atomic E-state index is 0.563. The van der Waals surface area contributed by atoms with Gasteiger partial charge in [0.25, 0.3) is 0 Å². The Morgan fingerprint density at radius 3 is 2.35 bits per heavy atom. The predicted octanol–water partition coefficient (Wildman–Crippen LogP) is 4.34.